The molecule has 3 rings (SSSR count). The molecule has 1 aromatic carbocycles. The Balaban J connectivity index is 1.59. The van der Waals surface area contributed by atoms with Gasteiger partial charge in [-0.3, -0.25) is 9.36 Å². The third-order valence-electron chi connectivity index (χ3n) is 4.23. The van der Waals surface area contributed by atoms with Crippen molar-refractivity contribution in [3.63, 3.8) is 0 Å². The Morgan fingerprint density at radius 3 is 2.38 bits per heavy atom. The van der Waals surface area contributed by atoms with E-state index in [0.29, 0.717) is 41.8 Å². The van der Waals surface area contributed by atoms with Gasteiger partial charge in [0, 0.05) is 43.2 Å². The van der Waals surface area contributed by atoms with Crippen molar-refractivity contribution in [3.8, 4) is 17.3 Å². The van der Waals surface area contributed by atoms with E-state index in [9.17, 15) is 4.79 Å². The van der Waals surface area contributed by atoms with Crippen molar-refractivity contribution in [1.82, 2.24) is 24.8 Å². The lowest BCUT2D eigenvalue weighted by Gasteiger charge is -2.11. The summed E-state index contributed by atoms with van der Waals surface area (Å²) in [6.07, 6.45) is 3.58. The Morgan fingerprint density at radius 2 is 1.76 bits per heavy atom. The van der Waals surface area contributed by atoms with Crippen LogP contribution in [0.1, 0.15) is 22.0 Å². The normalized spacial score (nSPS) is 10.5. The first-order valence-electron chi connectivity index (χ1n) is 9.11. The molecular formula is C20H24N6O3. The number of rotatable bonds is 8. The molecule has 2 N–H and O–H groups in total. The van der Waals surface area contributed by atoms with Crippen LogP contribution in [0.4, 0.5) is 5.82 Å². The van der Waals surface area contributed by atoms with E-state index in [1.807, 2.05) is 30.7 Å². The molecule has 9 nitrogen and oxygen atoms in total. The van der Waals surface area contributed by atoms with E-state index >= 15 is 0 Å². The SMILES string of the molecule is COc1cc(OC)cc(C(=O)NCCNc2cc(-n3ccnc3C)nc(C)n2)c1. The molecule has 2 heterocycles. The van der Waals surface area contributed by atoms with Gasteiger partial charge in [-0.1, -0.05) is 0 Å². The molecule has 1 amide bonds. The molecule has 0 saturated heterocycles. The largest absolute Gasteiger partial charge is 0.497 e. The highest BCUT2D eigenvalue weighted by atomic mass is 16.5. The van der Waals surface area contributed by atoms with Crippen LogP contribution in [-0.4, -0.2) is 52.7 Å². The smallest absolute Gasteiger partial charge is 0.251 e. The zero-order valence-corrected chi connectivity index (χ0v) is 16.9. The molecular weight excluding hydrogens is 372 g/mol. The number of anilines is 1. The summed E-state index contributed by atoms with van der Waals surface area (Å²) in [4.78, 5) is 25.5. The van der Waals surface area contributed by atoms with Crippen molar-refractivity contribution < 1.29 is 14.3 Å². The maximum absolute atomic E-state index is 12.4. The number of imidazole rings is 1. The number of hydrogen-bond acceptors (Lipinski definition) is 7. The van der Waals surface area contributed by atoms with Gasteiger partial charge in [0.1, 0.15) is 34.8 Å². The van der Waals surface area contributed by atoms with Crippen molar-refractivity contribution in [2.45, 2.75) is 13.8 Å². The number of ether oxygens (including phenoxy) is 2. The van der Waals surface area contributed by atoms with Crippen LogP contribution in [0, 0.1) is 13.8 Å². The first-order valence-corrected chi connectivity index (χ1v) is 9.11. The van der Waals surface area contributed by atoms with Crippen LogP contribution >= 0.6 is 0 Å². The Kier molecular flexibility index (Phi) is 6.28. The molecule has 0 aliphatic carbocycles. The van der Waals surface area contributed by atoms with Gasteiger partial charge in [0.05, 0.1) is 14.2 Å². The number of aryl methyl sites for hydroxylation is 2. The van der Waals surface area contributed by atoms with Crippen molar-refractivity contribution in [2.75, 3.05) is 32.6 Å². The fourth-order valence-electron chi connectivity index (χ4n) is 2.79. The van der Waals surface area contributed by atoms with E-state index in [1.165, 1.54) is 0 Å². The number of amides is 1. The van der Waals surface area contributed by atoms with Crippen LogP contribution in [0.3, 0.4) is 0 Å². The summed E-state index contributed by atoms with van der Waals surface area (Å²) in [5.41, 5.74) is 0.469. The van der Waals surface area contributed by atoms with Crippen LogP contribution in [-0.2, 0) is 0 Å². The summed E-state index contributed by atoms with van der Waals surface area (Å²) in [5.74, 6) is 3.82. The minimum atomic E-state index is -0.211. The first-order chi connectivity index (χ1) is 14.0. The van der Waals surface area contributed by atoms with Crippen molar-refractivity contribution in [3.05, 3.63) is 53.9 Å². The quantitative estimate of drug-likeness (QED) is 0.562. The van der Waals surface area contributed by atoms with Crippen LogP contribution < -0.4 is 20.1 Å². The lowest BCUT2D eigenvalue weighted by Crippen LogP contribution is -2.29. The predicted octanol–water partition coefficient (Wildman–Crippen LogP) is 2.14. The van der Waals surface area contributed by atoms with Gasteiger partial charge in [-0.15, -0.1) is 0 Å². The summed E-state index contributed by atoms with van der Waals surface area (Å²) in [6, 6.07) is 6.89. The van der Waals surface area contributed by atoms with Gasteiger partial charge in [0.2, 0.25) is 0 Å². The van der Waals surface area contributed by atoms with Gasteiger partial charge in [-0.25, -0.2) is 15.0 Å². The van der Waals surface area contributed by atoms with E-state index in [1.54, 1.807) is 38.6 Å². The summed E-state index contributed by atoms with van der Waals surface area (Å²) in [6.45, 7) is 4.67. The molecule has 29 heavy (non-hydrogen) atoms. The van der Waals surface area contributed by atoms with E-state index in [0.717, 1.165) is 11.6 Å². The molecule has 3 aromatic rings. The van der Waals surface area contributed by atoms with Crippen molar-refractivity contribution in [1.29, 1.82) is 0 Å². The Hall–Kier alpha value is -3.62. The Labute approximate surface area is 169 Å². The van der Waals surface area contributed by atoms with E-state index in [4.69, 9.17) is 9.47 Å². The van der Waals surface area contributed by atoms with Crippen LogP contribution in [0.15, 0.2) is 36.7 Å². The summed E-state index contributed by atoms with van der Waals surface area (Å²) >= 11 is 0. The highest BCUT2D eigenvalue weighted by Crippen LogP contribution is 2.22. The molecule has 0 fully saturated rings. The first kappa shape index (κ1) is 20.1. The predicted molar refractivity (Wildman–Crippen MR) is 109 cm³/mol. The number of carbonyl (C=O) groups is 1. The van der Waals surface area contributed by atoms with E-state index in [-0.39, 0.29) is 5.91 Å². The molecule has 0 unspecified atom stereocenters. The van der Waals surface area contributed by atoms with Gasteiger partial charge in [-0.05, 0) is 26.0 Å². The number of nitrogens with one attached hydrogen (secondary N) is 2. The average Bonchev–Trinajstić information content (AvgIpc) is 3.16. The highest BCUT2D eigenvalue weighted by molar-refractivity contribution is 5.95. The molecule has 0 radical (unpaired) electrons. The number of benzene rings is 1. The summed E-state index contributed by atoms with van der Waals surface area (Å²) < 4.78 is 12.3. The molecule has 9 heteroatoms. The second-order valence-electron chi connectivity index (χ2n) is 6.29. The van der Waals surface area contributed by atoms with Crippen molar-refractivity contribution in [2.24, 2.45) is 0 Å². The molecule has 0 bridgehead atoms. The molecule has 0 aliphatic rings. The van der Waals surface area contributed by atoms with E-state index < -0.39 is 0 Å². The fourth-order valence-corrected chi connectivity index (χ4v) is 2.79. The zero-order valence-electron chi connectivity index (χ0n) is 16.9. The van der Waals surface area contributed by atoms with Gasteiger partial charge in [0.25, 0.3) is 5.91 Å². The lowest BCUT2D eigenvalue weighted by molar-refractivity contribution is 0.0954. The topological polar surface area (TPSA) is 103 Å². The van der Waals surface area contributed by atoms with Gasteiger partial charge >= 0.3 is 0 Å². The Bertz CT molecular complexity index is 979. The van der Waals surface area contributed by atoms with Crippen LogP contribution in [0.2, 0.25) is 0 Å². The van der Waals surface area contributed by atoms with E-state index in [2.05, 4.69) is 25.6 Å². The minimum absolute atomic E-state index is 0.211. The molecule has 0 saturated carbocycles. The molecule has 0 atom stereocenters. The van der Waals surface area contributed by atoms with Crippen LogP contribution in [0.25, 0.3) is 5.82 Å². The van der Waals surface area contributed by atoms with Crippen molar-refractivity contribution >= 4 is 11.7 Å². The molecule has 152 valence electrons. The summed E-state index contributed by atoms with van der Waals surface area (Å²) in [5, 5.41) is 6.08. The maximum atomic E-state index is 12.4. The highest BCUT2D eigenvalue weighted by Gasteiger charge is 2.10. The lowest BCUT2D eigenvalue weighted by atomic mass is 10.2. The van der Waals surface area contributed by atoms with Gasteiger partial charge in [-0.2, -0.15) is 0 Å². The van der Waals surface area contributed by atoms with Gasteiger partial charge < -0.3 is 20.1 Å². The second kappa shape index (κ2) is 9.05. The number of carbonyl (C=O) groups excluding carboxylic acids is 1. The third-order valence-corrected chi connectivity index (χ3v) is 4.23. The second-order valence-corrected chi connectivity index (χ2v) is 6.29. The number of nitrogens with zero attached hydrogens (tertiary/aromatic N) is 4. The molecule has 2 aromatic heterocycles. The minimum Gasteiger partial charge on any atom is -0.497 e. The summed E-state index contributed by atoms with van der Waals surface area (Å²) in [7, 11) is 3.09. The van der Waals surface area contributed by atoms with Gasteiger partial charge in [0.15, 0.2) is 0 Å². The fraction of sp³-hybridized carbons (Fsp3) is 0.300. The standard InChI is InChI=1S/C20H24N6O3/c1-13-24-18(12-19(25-13)26-8-7-21-14(26)2)22-5-6-23-20(27)15-9-16(28-3)11-17(10-15)29-4/h7-12H,5-6H2,1-4H3,(H,23,27)(H,22,24,25). The number of hydrogen-bond donors (Lipinski definition) is 2. The molecule has 0 spiro atoms. The number of aromatic nitrogens is 4. The maximum Gasteiger partial charge on any atom is 0.251 e. The number of methoxy groups -OCH3 is 2. The molecule has 0 aliphatic heterocycles. The Morgan fingerprint density at radius 1 is 1.03 bits per heavy atom. The monoisotopic (exact) mass is 396 g/mol. The zero-order chi connectivity index (χ0) is 20.8. The average molecular weight is 396 g/mol. The third kappa shape index (κ3) is 5.01. The van der Waals surface area contributed by atoms with Crippen LogP contribution in [0.5, 0.6) is 11.5 Å².